The maximum Gasteiger partial charge on any atom is 0.320 e. The fourth-order valence-corrected chi connectivity index (χ4v) is 2.65. The molecule has 0 saturated heterocycles. The Bertz CT molecular complexity index is 451. The van der Waals surface area contributed by atoms with E-state index in [1.807, 2.05) is 20.8 Å². The molecule has 106 valence electrons. The molecule has 0 saturated carbocycles. The molecule has 0 aliphatic heterocycles. The predicted octanol–water partition coefficient (Wildman–Crippen LogP) is 3.74. The molecule has 0 bridgehead atoms. The largest absolute Gasteiger partial charge is 0.480 e. The summed E-state index contributed by atoms with van der Waals surface area (Å²) in [6.45, 7) is 5.83. The van der Waals surface area contributed by atoms with Crippen molar-refractivity contribution in [2.24, 2.45) is 5.92 Å². The number of nitrogens with one attached hydrogen (secondary N) is 1. The van der Waals surface area contributed by atoms with Gasteiger partial charge in [0.05, 0.1) is 0 Å². The van der Waals surface area contributed by atoms with E-state index in [9.17, 15) is 14.3 Å². The number of aliphatic carboxylic acids is 1. The molecule has 0 fully saturated rings. The van der Waals surface area contributed by atoms with Gasteiger partial charge in [0.25, 0.3) is 0 Å². The van der Waals surface area contributed by atoms with Crippen LogP contribution in [-0.2, 0) is 4.79 Å². The molecule has 1 aromatic carbocycles. The maximum absolute atomic E-state index is 13.0. The molecule has 1 aromatic rings. The van der Waals surface area contributed by atoms with Crippen LogP contribution in [0.4, 0.5) is 4.39 Å². The number of rotatable bonds is 6. The van der Waals surface area contributed by atoms with E-state index in [2.05, 4.69) is 21.2 Å². The molecule has 0 spiro atoms. The number of hydrogen-bond acceptors (Lipinski definition) is 2. The fraction of sp³-hybridized carbons (Fsp3) is 0.500. The van der Waals surface area contributed by atoms with Crippen molar-refractivity contribution in [2.45, 2.75) is 39.3 Å². The van der Waals surface area contributed by atoms with Crippen molar-refractivity contribution in [3.63, 3.8) is 0 Å². The van der Waals surface area contributed by atoms with E-state index in [4.69, 9.17) is 0 Å². The molecular formula is C14H19BrFNO2. The normalized spacial score (nSPS) is 14.4. The molecule has 2 unspecified atom stereocenters. The lowest BCUT2D eigenvalue weighted by Gasteiger charge is -2.22. The molecule has 2 N–H and O–H groups in total. The van der Waals surface area contributed by atoms with E-state index in [0.29, 0.717) is 10.9 Å². The third kappa shape index (κ3) is 4.91. The highest BCUT2D eigenvalue weighted by molar-refractivity contribution is 9.10. The highest BCUT2D eigenvalue weighted by atomic mass is 79.9. The van der Waals surface area contributed by atoms with Gasteiger partial charge in [-0.2, -0.15) is 0 Å². The highest BCUT2D eigenvalue weighted by Crippen LogP contribution is 2.25. The van der Waals surface area contributed by atoms with Crippen molar-refractivity contribution >= 4 is 21.9 Å². The van der Waals surface area contributed by atoms with Gasteiger partial charge in [0.15, 0.2) is 0 Å². The van der Waals surface area contributed by atoms with Crippen LogP contribution in [0, 0.1) is 11.7 Å². The Labute approximate surface area is 121 Å². The summed E-state index contributed by atoms with van der Waals surface area (Å²) in [6.07, 6.45) is 0.554. The van der Waals surface area contributed by atoms with E-state index >= 15 is 0 Å². The average molecular weight is 332 g/mol. The van der Waals surface area contributed by atoms with Gasteiger partial charge in [0.2, 0.25) is 0 Å². The zero-order chi connectivity index (χ0) is 14.6. The standard InChI is InChI=1S/C14H19BrFNO2/c1-8(2)6-13(14(18)19)17-9(3)11-5-4-10(16)7-12(11)15/h4-5,7-9,13,17H,6H2,1-3H3,(H,18,19). The molecule has 0 aliphatic carbocycles. The number of carboxylic acid groups (broad SMARTS) is 1. The third-order valence-corrected chi connectivity index (χ3v) is 3.57. The van der Waals surface area contributed by atoms with Crippen LogP contribution in [0.2, 0.25) is 0 Å². The van der Waals surface area contributed by atoms with Crippen LogP contribution in [0.15, 0.2) is 22.7 Å². The number of hydrogen-bond donors (Lipinski definition) is 2. The molecular weight excluding hydrogens is 313 g/mol. The van der Waals surface area contributed by atoms with Gasteiger partial charge < -0.3 is 5.11 Å². The maximum atomic E-state index is 13.0. The van der Waals surface area contributed by atoms with Crippen LogP contribution in [0.25, 0.3) is 0 Å². The van der Waals surface area contributed by atoms with Gasteiger partial charge >= 0.3 is 5.97 Å². The summed E-state index contributed by atoms with van der Waals surface area (Å²) >= 11 is 3.30. The van der Waals surface area contributed by atoms with Crippen molar-refractivity contribution < 1.29 is 14.3 Å². The van der Waals surface area contributed by atoms with E-state index in [1.54, 1.807) is 6.07 Å². The molecule has 5 heteroatoms. The Kier molecular flexibility index (Phi) is 5.94. The Morgan fingerprint density at radius 3 is 2.53 bits per heavy atom. The zero-order valence-corrected chi connectivity index (χ0v) is 12.9. The van der Waals surface area contributed by atoms with Crippen LogP contribution in [0.3, 0.4) is 0 Å². The first-order chi connectivity index (χ1) is 8.81. The summed E-state index contributed by atoms with van der Waals surface area (Å²) in [6, 6.07) is 3.63. The van der Waals surface area contributed by atoms with Gasteiger partial charge in [-0.15, -0.1) is 0 Å². The summed E-state index contributed by atoms with van der Waals surface area (Å²) in [4.78, 5) is 11.2. The molecule has 19 heavy (non-hydrogen) atoms. The summed E-state index contributed by atoms with van der Waals surface area (Å²) in [5.74, 6) is -0.893. The van der Waals surface area contributed by atoms with Crippen LogP contribution < -0.4 is 5.32 Å². The zero-order valence-electron chi connectivity index (χ0n) is 11.3. The molecule has 1 rings (SSSR count). The van der Waals surface area contributed by atoms with Gasteiger partial charge in [0.1, 0.15) is 11.9 Å². The number of carboxylic acids is 1. The Hall–Kier alpha value is -0.940. The summed E-state index contributed by atoms with van der Waals surface area (Å²) in [5.41, 5.74) is 0.844. The average Bonchev–Trinajstić information content (AvgIpc) is 2.26. The summed E-state index contributed by atoms with van der Waals surface area (Å²) in [5, 5.41) is 12.3. The minimum Gasteiger partial charge on any atom is -0.480 e. The highest BCUT2D eigenvalue weighted by Gasteiger charge is 2.22. The van der Waals surface area contributed by atoms with E-state index in [0.717, 1.165) is 5.56 Å². The topological polar surface area (TPSA) is 49.3 Å². The van der Waals surface area contributed by atoms with Crippen LogP contribution in [-0.4, -0.2) is 17.1 Å². The molecule has 3 nitrogen and oxygen atoms in total. The molecule has 0 aliphatic rings. The SMILES string of the molecule is CC(C)CC(NC(C)c1ccc(F)cc1Br)C(=O)O. The van der Waals surface area contributed by atoms with Gasteiger partial charge in [0, 0.05) is 10.5 Å². The Morgan fingerprint density at radius 2 is 2.05 bits per heavy atom. The first kappa shape index (κ1) is 16.1. The van der Waals surface area contributed by atoms with Crippen LogP contribution in [0.1, 0.15) is 38.8 Å². The number of benzene rings is 1. The van der Waals surface area contributed by atoms with E-state index < -0.39 is 12.0 Å². The van der Waals surface area contributed by atoms with E-state index in [1.165, 1.54) is 12.1 Å². The molecule has 2 atom stereocenters. The van der Waals surface area contributed by atoms with Crippen LogP contribution in [0.5, 0.6) is 0 Å². The lowest BCUT2D eigenvalue weighted by atomic mass is 10.0. The van der Waals surface area contributed by atoms with Crippen molar-refractivity contribution in [3.8, 4) is 0 Å². The second-order valence-electron chi connectivity index (χ2n) is 5.07. The van der Waals surface area contributed by atoms with Gasteiger partial charge in [-0.05, 0) is 37.0 Å². The second-order valence-corrected chi connectivity index (χ2v) is 5.93. The lowest BCUT2D eigenvalue weighted by Crippen LogP contribution is -2.39. The van der Waals surface area contributed by atoms with Gasteiger partial charge in [-0.1, -0.05) is 35.8 Å². The first-order valence-corrected chi connectivity index (χ1v) is 7.04. The summed E-state index contributed by atoms with van der Waals surface area (Å²) in [7, 11) is 0. The minimum atomic E-state index is -0.862. The van der Waals surface area contributed by atoms with Crippen molar-refractivity contribution in [1.82, 2.24) is 5.32 Å². The summed E-state index contributed by atoms with van der Waals surface area (Å²) < 4.78 is 13.7. The van der Waals surface area contributed by atoms with Crippen LogP contribution >= 0.6 is 15.9 Å². The molecule has 0 aromatic heterocycles. The number of carbonyl (C=O) groups is 1. The Balaban J connectivity index is 2.81. The Morgan fingerprint density at radius 1 is 1.42 bits per heavy atom. The predicted molar refractivity (Wildman–Crippen MR) is 76.5 cm³/mol. The van der Waals surface area contributed by atoms with Gasteiger partial charge in [-0.3, -0.25) is 10.1 Å². The second kappa shape index (κ2) is 7.01. The smallest absolute Gasteiger partial charge is 0.320 e. The monoisotopic (exact) mass is 331 g/mol. The lowest BCUT2D eigenvalue weighted by molar-refractivity contribution is -0.140. The molecule has 0 heterocycles. The minimum absolute atomic E-state index is 0.171. The van der Waals surface area contributed by atoms with E-state index in [-0.39, 0.29) is 17.8 Å². The van der Waals surface area contributed by atoms with Crippen molar-refractivity contribution in [3.05, 3.63) is 34.1 Å². The van der Waals surface area contributed by atoms with Crippen molar-refractivity contribution in [1.29, 1.82) is 0 Å². The van der Waals surface area contributed by atoms with Crippen molar-refractivity contribution in [2.75, 3.05) is 0 Å². The van der Waals surface area contributed by atoms with Gasteiger partial charge in [-0.25, -0.2) is 4.39 Å². The fourth-order valence-electron chi connectivity index (χ4n) is 1.96. The first-order valence-electron chi connectivity index (χ1n) is 6.25. The molecule has 0 amide bonds. The third-order valence-electron chi connectivity index (χ3n) is 2.89. The quantitative estimate of drug-likeness (QED) is 0.834. The molecule has 0 radical (unpaired) electrons. The number of halogens is 2.